The second kappa shape index (κ2) is 8.86. The Morgan fingerprint density at radius 1 is 1.03 bits per heavy atom. The molecule has 0 bridgehead atoms. The van der Waals surface area contributed by atoms with E-state index in [9.17, 15) is 4.79 Å². The zero-order chi connectivity index (χ0) is 22.4. The first kappa shape index (κ1) is 23.4. The largest absolute Gasteiger partial charge is 0.432 e. The number of hydrogen-bond acceptors (Lipinski definition) is 2. The summed E-state index contributed by atoms with van der Waals surface area (Å²) in [4.78, 5) is 11.5. The summed E-state index contributed by atoms with van der Waals surface area (Å²) >= 11 is 0. The Morgan fingerprint density at radius 3 is 2.48 bits per heavy atom. The summed E-state index contributed by atoms with van der Waals surface area (Å²) in [5, 5.41) is 0. The highest BCUT2D eigenvalue weighted by molar-refractivity contribution is 5.67. The maximum Gasteiger partial charge on any atom is 0.307 e. The molecule has 8 atom stereocenters. The Labute approximate surface area is 192 Å². The van der Waals surface area contributed by atoms with E-state index in [2.05, 4.69) is 40.7 Å². The van der Waals surface area contributed by atoms with E-state index in [0.29, 0.717) is 16.7 Å². The molecular formula is C29H48O2. The average molecular weight is 429 g/mol. The van der Waals surface area contributed by atoms with E-state index in [0.717, 1.165) is 54.1 Å². The van der Waals surface area contributed by atoms with Gasteiger partial charge in [0.15, 0.2) is 0 Å². The van der Waals surface area contributed by atoms with Gasteiger partial charge >= 0.3 is 5.97 Å². The van der Waals surface area contributed by atoms with Crippen molar-refractivity contribution in [2.24, 2.45) is 52.3 Å². The number of ether oxygens (including phenoxy) is 1. The number of rotatable bonds is 6. The van der Waals surface area contributed by atoms with Gasteiger partial charge in [-0.1, -0.05) is 53.9 Å². The van der Waals surface area contributed by atoms with E-state index in [1.165, 1.54) is 64.7 Å². The van der Waals surface area contributed by atoms with Crippen molar-refractivity contribution in [2.75, 3.05) is 0 Å². The fraction of sp³-hybridized carbons (Fsp3) is 0.897. The second-order valence-electron chi connectivity index (χ2n) is 12.9. The summed E-state index contributed by atoms with van der Waals surface area (Å²) in [6.07, 6.45) is 17.2. The quantitative estimate of drug-likeness (QED) is 0.399. The van der Waals surface area contributed by atoms with Gasteiger partial charge in [0, 0.05) is 13.3 Å². The maximum atomic E-state index is 11.5. The monoisotopic (exact) mass is 428 g/mol. The minimum Gasteiger partial charge on any atom is -0.432 e. The van der Waals surface area contributed by atoms with Crippen molar-refractivity contribution in [1.82, 2.24) is 0 Å². The molecule has 2 nitrogen and oxygen atoms in total. The van der Waals surface area contributed by atoms with Gasteiger partial charge < -0.3 is 4.74 Å². The van der Waals surface area contributed by atoms with Crippen molar-refractivity contribution in [3.63, 3.8) is 0 Å². The normalized spacial score (nSPS) is 42.9. The predicted molar refractivity (Wildman–Crippen MR) is 128 cm³/mol. The lowest BCUT2D eigenvalue weighted by atomic mass is 9.45. The molecule has 0 aromatic carbocycles. The van der Waals surface area contributed by atoms with Crippen LogP contribution in [0.3, 0.4) is 0 Å². The first-order valence-corrected chi connectivity index (χ1v) is 13.5. The third kappa shape index (κ3) is 4.26. The summed E-state index contributed by atoms with van der Waals surface area (Å²) in [5.74, 6) is 6.91. The average Bonchev–Trinajstić information content (AvgIpc) is 3.05. The Kier molecular flexibility index (Phi) is 6.68. The number of esters is 1. The lowest BCUT2D eigenvalue weighted by molar-refractivity contribution is -0.139. The Balaban J connectivity index is 1.46. The van der Waals surface area contributed by atoms with Crippen LogP contribution < -0.4 is 0 Å². The SMILES string of the molecule is CC(=O)OC1=CC[C@@]2(C)[C@@H](CC[C@@H]3[C@@H]2CC[C@]2(C)[C@@H]([C@H](C)CCCC(C)C)CC[C@@H]32)C1. The van der Waals surface area contributed by atoms with Crippen molar-refractivity contribution in [3.8, 4) is 0 Å². The molecule has 31 heavy (non-hydrogen) atoms. The summed E-state index contributed by atoms with van der Waals surface area (Å²) < 4.78 is 5.52. The minimum absolute atomic E-state index is 0.156. The summed E-state index contributed by atoms with van der Waals surface area (Å²) in [6.45, 7) is 14.1. The number of carbonyl (C=O) groups is 1. The molecule has 2 heteroatoms. The van der Waals surface area contributed by atoms with E-state index in [-0.39, 0.29) is 5.97 Å². The van der Waals surface area contributed by atoms with Crippen molar-refractivity contribution in [2.45, 2.75) is 112 Å². The predicted octanol–water partition coefficient (Wildman–Crippen LogP) is 8.16. The van der Waals surface area contributed by atoms with Crippen LogP contribution in [0.25, 0.3) is 0 Å². The van der Waals surface area contributed by atoms with Gasteiger partial charge in [0.1, 0.15) is 5.76 Å². The van der Waals surface area contributed by atoms with Crippen molar-refractivity contribution >= 4 is 5.97 Å². The standard InChI is InChI=1S/C29H48O2/c1-19(2)8-7-9-20(3)25-12-13-26-24-11-10-22-18-23(31-21(4)30)14-16-28(22,5)27(24)15-17-29(25,26)6/h14,19-20,22,24-27H,7-13,15-18H2,1-6H3/t20-,22+,24+,25-,26+,27+,28+,29-/m1/s1. The van der Waals surface area contributed by atoms with Gasteiger partial charge in [0.05, 0.1) is 0 Å². The van der Waals surface area contributed by atoms with E-state index in [4.69, 9.17) is 4.74 Å². The molecule has 0 amide bonds. The molecule has 3 saturated carbocycles. The Hall–Kier alpha value is -0.790. The molecule has 0 heterocycles. The molecule has 3 fully saturated rings. The van der Waals surface area contributed by atoms with Crippen molar-refractivity contribution in [1.29, 1.82) is 0 Å². The van der Waals surface area contributed by atoms with Gasteiger partial charge in [-0.3, -0.25) is 4.79 Å². The third-order valence-electron chi connectivity index (χ3n) is 10.8. The van der Waals surface area contributed by atoms with Gasteiger partial charge in [-0.05, 0) is 103 Å². The van der Waals surface area contributed by atoms with Crippen LogP contribution in [0.15, 0.2) is 11.8 Å². The molecule has 0 aliphatic heterocycles. The fourth-order valence-corrected chi connectivity index (χ4v) is 9.14. The van der Waals surface area contributed by atoms with Gasteiger partial charge in [-0.15, -0.1) is 0 Å². The summed E-state index contributed by atoms with van der Waals surface area (Å²) in [6, 6.07) is 0. The molecule has 0 radical (unpaired) electrons. The van der Waals surface area contributed by atoms with Crippen molar-refractivity contribution < 1.29 is 9.53 Å². The van der Waals surface area contributed by atoms with Crippen LogP contribution in [0.5, 0.6) is 0 Å². The zero-order valence-electron chi connectivity index (χ0n) is 21.2. The number of fused-ring (bicyclic) bond motifs is 5. The Morgan fingerprint density at radius 2 is 1.77 bits per heavy atom. The molecule has 0 saturated heterocycles. The molecule has 0 aromatic heterocycles. The fourth-order valence-electron chi connectivity index (χ4n) is 9.14. The molecule has 0 aromatic rings. The topological polar surface area (TPSA) is 26.3 Å². The molecule has 4 rings (SSSR count). The molecule has 0 unspecified atom stereocenters. The maximum absolute atomic E-state index is 11.5. The summed E-state index contributed by atoms with van der Waals surface area (Å²) in [7, 11) is 0. The molecular weight excluding hydrogens is 380 g/mol. The van der Waals surface area contributed by atoms with E-state index < -0.39 is 0 Å². The van der Waals surface area contributed by atoms with Crippen LogP contribution in [0, 0.1) is 52.3 Å². The number of allylic oxidation sites excluding steroid dienone is 2. The highest BCUT2D eigenvalue weighted by atomic mass is 16.5. The van der Waals surface area contributed by atoms with Gasteiger partial charge in [0.25, 0.3) is 0 Å². The first-order chi connectivity index (χ1) is 14.6. The van der Waals surface area contributed by atoms with Crippen molar-refractivity contribution in [3.05, 3.63) is 11.8 Å². The molecule has 176 valence electrons. The first-order valence-electron chi connectivity index (χ1n) is 13.5. The number of carbonyl (C=O) groups excluding carboxylic acids is 1. The van der Waals surface area contributed by atoms with Crippen LogP contribution in [0.1, 0.15) is 112 Å². The van der Waals surface area contributed by atoms with E-state index >= 15 is 0 Å². The van der Waals surface area contributed by atoms with Crippen LogP contribution in [0.2, 0.25) is 0 Å². The third-order valence-corrected chi connectivity index (χ3v) is 10.8. The van der Waals surface area contributed by atoms with E-state index in [1.807, 2.05) is 0 Å². The van der Waals surface area contributed by atoms with Crippen LogP contribution in [-0.4, -0.2) is 5.97 Å². The smallest absolute Gasteiger partial charge is 0.307 e. The molecule has 0 N–H and O–H groups in total. The molecule has 4 aliphatic rings. The minimum atomic E-state index is -0.156. The Bertz CT molecular complexity index is 693. The van der Waals surface area contributed by atoms with Crippen LogP contribution in [-0.2, 0) is 9.53 Å². The molecule has 0 spiro atoms. The van der Waals surface area contributed by atoms with Gasteiger partial charge in [-0.25, -0.2) is 0 Å². The zero-order valence-corrected chi connectivity index (χ0v) is 21.2. The lowest BCUT2D eigenvalue weighted by Crippen LogP contribution is -2.52. The van der Waals surface area contributed by atoms with Gasteiger partial charge in [0.2, 0.25) is 0 Å². The van der Waals surface area contributed by atoms with Crippen LogP contribution >= 0.6 is 0 Å². The highest BCUT2D eigenvalue weighted by Crippen LogP contribution is 2.68. The molecule has 4 aliphatic carbocycles. The summed E-state index contributed by atoms with van der Waals surface area (Å²) in [5.41, 5.74) is 0.990. The number of hydrogen-bond donors (Lipinski definition) is 0. The van der Waals surface area contributed by atoms with E-state index in [1.54, 1.807) is 0 Å². The lowest BCUT2D eigenvalue weighted by Gasteiger charge is -2.60. The second-order valence-corrected chi connectivity index (χ2v) is 12.9. The van der Waals surface area contributed by atoms with Crippen LogP contribution in [0.4, 0.5) is 0 Å². The highest BCUT2D eigenvalue weighted by Gasteiger charge is 2.60. The van der Waals surface area contributed by atoms with Gasteiger partial charge in [-0.2, -0.15) is 0 Å².